The van der Waals surface area contributed by atoms with E-state index in [0.717, 1.165) is 22.3 Å². The monoisotopic (exact) mass is 289 g/mol. The number of rotatable bonds is 3. The van der Waals surface area contributed by atoms with Crippen LogP contribution in [-0.4, -0.2) is 0 Å². The summed E-state index contributed by atoms with van der Waals surface area (Å²) in [4.78, 5) is 0. The zero-order chi connectivity index (χ0) is 14.1. The topological polar surface area (TPSA) is 25.2 Å². The van der Waals surface area contributed by atoms with E-state index in [4.69, 9.17) is 16.0 Å². The van der Waals surface area contributed by atoms with Crippen molar-refractivity contribution in [3.63, 3.8) is 0 Å². The third kappa shape index (κ3) is 2.37. The minimum atomic E-state index is -0.314. The van der Waals surface area contributed by atoms with Crippen LogP contribution < -0.4 is 5.32 Å². The maximum atomic E-state index is 13.2. The summed E-state index contributed by atoms with van der Waals surface area (Å²) in [7, 11) is 0. The Kier molecular flexibility index (Phi) is 3.36. The molecule has 0 aliphatic heterocycles. The van der Waals surface area contributed by atoms with Crippen molar-refractivity contribution in [2.24, 2.45) is 0 Å². The highest BCUT2D eigenvalue weighted by Gasteiger charge is 2.10. The molecule has 0 saturated heterocycles. The highest BCUT2D eigenvalue weighted by molar-refractivity contribution is 6.33. The molecule has 3 aromatic rings. The third-order valence-corrected chi connectivity index (χ3v) is 3.61. The van der Waals surface area contributed by atoms with Crippen molar-refractivity contribution in [3.05, 3.63) is 64.6 Å². The van der Waals surface area contributed by atoms with Gasteiger partial charge in [0, 0.05) is 17.5 Å². The number of hydrogen-bond acceptors (Lipinski definition) is 2. The first kappa shape index (κ1) is 13.0. The highest BCUT2D eigenvalue weighted by atomic mass is 35.5. The number of nitrogens with one attached hydrogen (secondary N) is 1. The van der Waals surface area contributed by atoms with E-state index in [0.29, 0.717) is 17.3 Å². The summed E-state index contributed by atoms with van der Waals surface area (Å²) in [6.07, 6.45) is 0. The van der Waals surface area contributed by atoms with Gasteiger partial charge in [0.25, 0.3) is 0 Å². The predicted octanol–water partition coefficient (Wildman–Crippen LogP) is 5.15. The molecule has 1 N–H and O–H groups in total. The molecule has 0 spiro atoms. The van der Waals surface area contributed by atoms with E-state index in [1.807, 2.05) is 31.2 Å². The Bertz CT molecular complexity index is 766. The van der Waals surface area contributed by atoms with E-state index in [-0.39, 0.29) is 5.82 Å². The Labute approximate surface area is 121 Å². The summed E-state index contributed by atoms with van der Waals surface area (Å²) in [5, 5.41) is 4.71. The van der Waals surface area contributed by atoms with Crippen LogP contribution >= 0.6 is 11.6 Å². The van der Waals surface area contributed by atoms with Gasteiger partial charge in [0.05, 0.1) is 10.7 Å². The van der Waals surface area contributed by atoms with E-state index in [9.17, 15) is 4.39 Å². The summed E-state index contributed by atoms with van der Waals surface area (Å²) >= 11 is 6.04. The minimum Gasteiger partial charge on any atom is -0.461 e. The summed E-state index contributed by atoms with van der Waals surface area (Å²) in [5.74, 6) is 0.539. The smallest absolute Gasteiger partial charge is 0.134 e. The molecular formula is C16H13ClFNO. The van der Waals surface area contributed by atoms with Gasteiger partial charge in [0.2, 0.25) is 0 Å². The predicted molar refractivity (Wildman–Crippen MR) is 79.7 cm³/mol. The number of halogens is 2. The van der Waals surface area contributed by atoms with Crippen LogP contribution in [0.25, 0.3) is 11.0 Å². The minimum absolute atomic E-state index is 0.314. The quantitative estimate of drug-likeness (QED) is 0.721. The van der Waals surface area contributed by atoms with Crippen LogP contribution in [0.4, 0.5) is 10.1 Å². The van der Waals surface area contributed by atoms with Gasteiger partial charge in [-0.05, 0) is 31.2 Å². The maximum absolute atomic E-state index is 13.2. The molecule has 102 valence electrons. The Morgan fingerprint density at radius 1 is 1.20 bits per heavy atom. The van der Waals surface area contributed by atoms with Crippen LogP contribution in [0.5, 0.6) is 0 Å². The lowest BCUT2D eigenvalue weighted by atomic mass is 10.1. The lowest BCUT2D eigenvalue weighted by Crippen LogP contribution is -2.01. The summed E-state index contributed by atoms with van der Waals surface area (Å²) in [6, 6.07) is 12.1. The molecule has 0 amide bonds. The Hall–Kier alpha value is -2.00. The van der Waals surface area contributed by atoms with Crippen molar-refractivity contribution in [2.75, 3.05) is 5.32 Å². The molecular weight excluding hydrogens is 277 g/mol. The molecule has 0 bridgehead atoms. The largest absolute Gasteiger partial charge is 0.461 e. The second-order valence-electron chi connectivity index (χ2n) is 4.61. The van der Waals surface area contributed by atoms with Gasteiger partial charge in [-0.3, -0.25) is 0 Å². The summed E-state index contributed by atoms with van der Waals surface area (Å²) in [6.45, 7) is 2.45. The number of hydrogen-bond donors (Lipinski definition) is 1. The molecule has 0 aliphatic rings. The van der Waals surface area contributed by atoms with Gasteiger partial charge in [-0.1, -0.05) is 29.8 Å². The first-order valence-corrected chi connectivity index (χ1v) is 6.69. The van der Waals surface area contributed by atoms with Crippen molar-refractivity contribution in [3.8, 4) is 0 Å². The average molecular weight is 290 g/mol. The molecule has 2 nitrogen and oxygen atoms in total. The molecule has 0 atom stereocenters. The van der Waals surface area contributed by atoms with Gasteiger partial charge < -0.3 is 9.73 Å². The van der Waals surface area contributed by atoms with E-state index in [1.165, 1.54) is 12.1 Å². The Morgan fingerprint density at radius 2 is 2.00 bits per heavy atom. The lowest BCUT2D eigenvalue weighted by Gasteiger charge is -2.08. The lowest BCUT2D eigenvalue weighted by molar-refractivity contribution is 0.573. The highest BCUT2D eigenvalue weighted by Crippen LogP contribution is 2.28. The van der Waals surface area contributed by atoms with Gasteiger partial charge in [0.15, 0.2) is 0 Å². The molecule has 20 heavy (non-hydrogen) atoms. The first-order valence-electron chi connectivity index (χ1n) is 6.31. The standard InChI is InChI=1S/C16H13ClFNO/c1-10-13(12-4-2-3-5-16(12)20-10)9-19-15-8-11(18)6-7-14(15)17/h2-8,19H,9H2,1H3. The molecule has 0 unspecified atom stereocenters. The van der Waals surface area contributed by atoms with Gasteiger partial charge >= 0.3 is 0 Å². The fraction of sp³-hybridized carbons (Fsp3) is 0.125. The van der Waals surface area contributed by atoms with Crippen LogP contribution in [0.2, 0.25) is 5.02 Å². The van der Waals surface area contributed by atoms with Crippen molar-refractivity contribution in [1.82, 2.24) is 0 Å². The van der Waals surface area contributed by atoms with E-state index in [2.05, 4.69) is 5.32 Å². The number of furan rings is 1. The maximum Gasteiger partial charge on any atom is 0.134 e. The molecule has 4 heteroatoms. The van der Waals surface area contributed by atoms with Gasteiger partial charge in [-0.15, -0.1) is 0 Å². The molecule has 3 rings (SSSR count). The van der Waals surface area contributed by atoms with Crippen molar-refractivity contribution >= 4 is 28.3 Å². The second-order valence-corrected chi connectivity index (χ2v) is 5.02. The molecule has 0 aliphatic carbocycles. The van der Waals surface area contributed by atoms with Gasteiger partial charge in [-0.2, -0.15) is 0 Å². The zero-order valence-electron chi connectivity index (χ0n) is 10.9. The molecule has 1 heterocycles. The summed E-state index contributed by atoms with van der Waals surface area (Å²) < 4.78 is 18.9. The summed E-state index contributed by atoms with van der Waals surface area (Å²) in [5.41, 5.74) is 2.49. The van der Waals surface area contributed by atoms with Crippen LogP contribution in [0.3, 0.4) is 0 Å². The molecule has 0 fully saturated rings. The number of anilines is 1. The number of fused-ring (bicyclic) bond motifs is 1. The Morgan fingerprint density at radius 3 is 2.85 bits per heavy atom. The second kappa shape index (κ2) is 5.17. The fourth-order valence-corrected chi connectivity index (χ4v) is 2.44. The number of para-hydroxylation sites is 1. The van der Waals surface area contributed by atoms with Crippen LogP contribution in [0.1, 0.15) is 11.3 Å². The molecule has 0 saturated carbocycles. The van der Waals surface area contributed by atoms with Crippen molar-refractivity contribution < 1.29 is 8.81 Å². The van der Waals surface area contributed by atoms with Crippen LogP contribution in [0.15, 0.2) is 46.9 Å². The number of benzene rings is 2. The first-order chi connectivity index (χ1) is 9.65. The van der Waals surface area contributed by atoms with Crippen molar-refractivity contribution in [2.45, 2.75) is 13.5 Å². The normalized spacial score (nSPS) is 10.9. The fourth-order valence-electron chi connectivity index (χ4n) is 2.26. The van der Waals surface area contributed by atoms with Crippen LogP contribution in [-0.2, 0) is 6.54 Å². The van der Waals surface area contributed by atoms with Gasteiger partial charge in [-0.25, -0.2) is 4.39 Å². The molecule has 0 radical (unpaired) electrons. The van der Waals surface area contributed by atoms with E-state index in [1.54, 1.807) is 6.07 Å². The van der Waals surface area contributed by atoms with Gasteiger partial charge in [0.1, 0.15) is 17.2 Å². The van der Waals surface area contributed by atoms with Crippen molar-refractivity contribution in [1.29, 1.82) is 0 Å². The molecule has 2 aromatic carbocycles. The van der Waals surface area contributed by atoms with E-state index >= 15 is 0 Å². The Balaban J connectivity index is 1.90. The SMILES string of the molecule is Cc1oc2ccccc2c1CNc1cc(F)ccc1Cl. The average Bonchev–Trinajstić information content (AvgIpc) is 2.75. The molecule has 1 aromatic heterocycles. The van der Waals surface area contributed by atoms with Crippen LogP contribution in [0, 0.1) is 12.7 Å². The zero-order valence-corrected chi connectivity index (χ0v) is 11.7. The third-order valence-electron chi connectivity index (χ3n) is 3.28. The van der Waals surface area contributed by atoms with E-state index < -0.39 is 0 Å². The number of aryl methyl sites for hydroxylation is 1.